The molecule has 0 unspecified atom stereocenters. The molecule has 4 aromatic heterocycles. The highest BCUT2D eigenvalue weighted by Crippen LogP contribution is 2.39. The van der Waals surface area contributed by atoms with Gasteiger partial charge >= 0.3 is 0 Å². The summed E-state index contributed by atoms with van der Waals surface area (Å²) in [6.07, 6.45) is 5.67. The van der Waals surface area contributed by atoms with Crippen molar-refractivity contribution in [1.29, 1.82) is 0 Å². The summed E-state index contributed by atoms with van der Waals surface area (Å²) in [4.78, 5) is 21.0. The first kappa shape index (κ1) is 21.8. The Morgan fingerprint density at radius 2 is 1.91 bits per heavy atom. The Balaban J connectivity index is 1.29. The lowest BCUT2D eigenvalue weighted by Crippen LogP contribution is -2.26. The number of aromatic amines is 1. The van der Waals surface area contributed by atoms with Gasteiger partial charge in [-0.25, -0.2) is 18.7 Å². The maximum absolute atomic E-state index is 13.5. The van der Waals surface area contributed by atoms with Crippen LogP contribution in [0, 0.1) is 6.92 Å². The molecule has 0 radical (unpaired) electrons. The van der Waals surface area contributed by atoms with Gasteiger partial charge in [-0.1, -0.05) is 11.6 Å². The predicted molar refractivity (Wildman–Crippen MR) is 127 cm³/mol. The third kappa shape index (κ3) is 4.18. The molecule has 0 atom stereocenters. The second-order valence-electron chi connectivity index (χ2n) is 8.74. The van der Waals surface area contributed by atoms with Crippen molar-refractivity contribution in [3.63, 3.8) is 0 Å². The van der Waals surface area contributed by atoms with E-state index in [1.165, 1.54) is 0 Å². The fraction of sp³-hybridized carbons (Fsp3) is 0.292. The molecule has 0 spiro atoms. The first-order valence-corrected chi connectivity index (χ1v) is 11.6. The average Bonchev–Trinajstić information content (AvgIpc) is 3.47. The Labute approximate surface area is 203 Å². The summed E-state index contributed by atoms with van der Waals surface area (Å²) in [6.45, 7) is 1.86. The van der Waals surface area contributed by atoms with Crippen molar-refractivity contribution < 1.29 is 13.5 Å². The Morgan fingerprint density at radius 3 is 2.74 bits per heavy atom. The largest absolute Gasteiger partial charge is 0.437 e. The van der Waals surface area contributed by atoms with Gasteiger partial charge in [0.2, 0.25) is 11.8 Å². The van der Waals surface area contributed by atoms with Crippen LogP contribution in [0.25, 0.3) is 33.5 Å². The molecular weight excluding hydrogens is 476 g/mol. The Kier molecular flexibility index (Phi) is 5.14. The normalized spacial score (nSPS) is 16.2. The second kappa shape index (κ2) is 8.23. The fourth-order valence-corrected chi connectivity index (χ4v) is 4.61. The minimum atomic E-state index is -2.58. The number of nitrogens with zero attached hydrogens (tertiary/aromatic N) is 6. The summed E-state index contributed by atoms with van der Waals surface area (Å²) < 4.78 is 34.7. The minimum Gasteiger partial charge on any atom is -0.437 e. The lowest BCUT2D eigenvalue weighted by molar-refractivity contribution is -0.0449. The molecule has 6 rings (SSSR count). The number of hydrogen-bond acceptors (Lipinski definition) is 6. The Morgan fingerprint density at radius 1 is 1.09 bits per heavy atom. The standard InChI is InChI=1S/C24H20ClF2N7O/c1-13-30-17-3-5-20(33-23(17)31-13)35-19-4-2-16-22(21(19)25)32-18(11-28-16)14-10-29-34(12-14)15-6-8-24(26,27)9-7-15/h2-5,10-12,15H,6-9H2,1H3,(H,30,31,33). The molecule has 0 saturated heterocycles. The Hall–Kier alpha value is -3.66. The molecule has 35 heavy (non-hydrogen) atoms. The van der Waals surface area contributed by atoms with Gasteiger partial charge in [-0.2, -0.15) is 10.1 Å². The van der Waals surface area contributed by atoms with E-state index in [-0.39, 0.29) is 18.9 Å². The van der Waals surface area contributed by atoms with Gasteiger partial charge in [0.15, 0.2) is 5.65 Å². The zero-order valence-electron chi connectivity index (χ0n) is 18.7. The number of pyridine rings is 1. The summed E-state index contributed by atoms with van der Waals surface area (Å²) in [7, 11) is 0. The quantitative estimate of drug-likeness (QED) is 0.316. The van der Waals surface area contributed by atoms with Crippen LogP contribution in [0.15, 0.2) is 42.9 Å². The van der Waals surface area contributed by atoms with Gasteiger partial charge in [-0.15, -0.1) is 0 Å². The highest BCUT2D eigenvalue weighted by molar-refractivity contribution is 6.36. The van der Waals surface area contributed by atoms with Crippen molar-refractivity contribution in [1.82, 2.24) is 34.7 Å². The molecule has 0 bridgehead atoms. The molecule has 11 heteroatoms. The van der Waals surface area contributed by atoms with E-state index in [2.05, 4.69) is 25.0 Å². The molecular formula is C24H20ClF2N7O. The third-order valence-corrected chi connectivity index (χ3v) is 6.59. The zero-order valence-corrected chi connectivity index (χ0v) is 19.4. The van der Waals surface area contributed by atoms with Gasteiger partial charge in [0, 0.05) is 30.7 Å². The molecule has 178 valence electrons. The summed E-state index contributed by atoms with van der Waals surface area (Å²) >= 11 is 6.66. The maximum Gasteiger partial charge on any atom is 0.248 e. The van der Waals surface area contributed by atoms with Gasteiger partial charge in [0.05, 0.1) is 35.2 Å². The van der Waals surface area contributed by atoms with Crippen LogP contribution >= 0.6 is 11.6 Å². The van der Waals surface area contributed by atoms with Crippen molar-refractivity contribution >= 4 is 33.8 Å². The number of ether oxygens (including phenoxy) is 1. The molecule has 1 aliphatic carbocycles. The minimum absolute atomic E-state index is 0.0523. The van der Waals surface area contributed by atoms with Crippen LogP contribution in [0.4, 0.5) is 8.78 Å². The van der Waals surface area contributed by atoms with E-state index in [0.717, 1.165) is 16.9 Å². The highest BCUT2D eigenvalue weighted by Gasteiger charge is 2.35. The summed E-state index contributed by atoms with van der Waals surface area (Å²) in [6, 6.07) is 7.02. The van der Waals surface area contributed by atoms with Gasteiger partial charge in [-0.3, -0.25) is 9.67 Å². The van der Waals surface area contributed by atoms with E-state index in [1.807, 2.05) is 19.2 Å². The van der Waals surface area contributed by atoms with Crippen molar-refractivity contribution in [3.8, 4) is 22.9 Å². The molecule has 0 amide bonds. The lowest BCUT2D eigenvalue weighted by Gasteiger charge is -2.28. The predicted octanol–water partition coefficient (Wildman–Crippen LogP) is 6.27. The van der Waals surface area contributed by atoms with Gasteiger partial charge in [-0.05, 0) is 38.0 Å². The summed E-state index contributed by atoms with van der Waals surface area (Å²) in [5.74, 6) is -1.07. The SMILES string of the molecule is Cc1nc2nc(Oc3ccc4ncc(-c5cnn(C6CCC(F)(F)CC6)c5)nc4c3Cl)ccc2[nH]1. The first-order valence-electron chi connectivity index (χ1n) is 11.2. The van der Waals surface area contributed by atoms with Crippen LogP contribution in [0.1, 0.15) is 37.5 Å². The van der Waals surface area contributed by atoms with E-state index in [0.29, 0.717) is 51.9 Å². The van der Waals surface area contributed by atoms with Crippen molar-refractivity contribution in [2.45, 2.75) is 44.6 Å². The van der Waals surface area contributed by atoms with Crippen LogP contribution in [0.5, 0.6) is 11.6 Å². The molecule has 1 fully saturated rings. The smallest absolute Gasteiger partial charge is 0.248 e. The molecule has 8 nitrogen and oxygen atoms in total. The molecule has 1 aromatic carbocycles. The number of aromatic nitrogens is 7. The van der Waals surface area contributed by atoms with Crippen LogP contribution in [0.2, 0.25) is 5.02 Å². The molecule has 1 N–H and O–H groups in total. The monoisotopic (exact) mass is 495 g/mol. The van der Waals surface area contributed by atoms with Crippen LogP contribution in [0.3, 0.4) is 0 Å². The van der Waals surface area contributed by atoms with E-state index < -0.39 is 5.92 Å². The van der Waals surface area contributed by atoms with Crippen LogP contribution in [-0.4, -0.2) is 40.6 Å². The third-order valence-electron chi connectivity index (χ3n) is 6.23. The summed E-state index contributed by atoms with van der Waals surface area (Å²) in [5, 5.41) is 4.70. The van der Waals surface area contributed by atoms with Gasteiger partial charge in [0.25, 0.3) is 0 Å². The van der Waals surface area contributed by atoms with Crippen LogP contribution < -0.4 is 4.74 Å². The molecule has 1 saturated carbocycles. The van der Waals surface area contributed by atoms with Crippen molar-refractivity contribution in [2.75, 3.05) is 0 Å². The van der Waals surface area contributed by atoms with Gasteiger partial charge in [0.1, 0.15) is 22.1 Å². The number of rotatable bonds is 4. The topological polar surface area (TPSA) is 94.4 Å². The van der Waals surface area contributed by atoms with E-state index >= 15 is 0 Å². The molecule has 1 aliphatic rings. The number of benzene rings is 1. The number of imidazole rings is 1. The molecule has 4 heterocycles. The zero-order chi connectivity index (χ0) is 24.2. The first-order chi connectivity index (χ1) is 16.8. The maximum atomic E-state index is 13.5. The summed E-state index contributed by atoms with van der Waals surface area (Å²) in [5.41, 5.74) is 3.77. The van der Waals surface area contributed by atoms with E-state index in [4.69, 9.17) is 21.3 Å². The van der Waals surface area contributed by atoms with E-state index in [1.54, 1.807) is 35.3 Å². The highest BCUT2D eigenvalue weighted by atomic mass is 35.5. The molecule has 0 aliphatic heterocycles. The van der Waals surface area contributed by atoms with Crippen LogP contribution in [-0.2, 0) is 0 Å². The van der Waals surface area contributed by atoms with Crippen molar-refractivity contribution in [3.05, 3.63) is 53.7 Å². The van der Waals surface area contributed by atoms with Gasteiger partial charge < -0.3 is 9.72 Å². The molecule has 5 aromatic rings. The number of H-pyrrole nitrogens is 1. The second-order valence-corrected chi connectivity index (χ2v) is 9.12. The number of hydrogen-bond donors (Lipinski definition) is 1. The number of alkyl halides is 2. The number of nitrogens with one attached hydrogen (secondary N) is 1. The van der Waals surface area contributed by atoms with E-state index in [9.17, 15) is 8.78 Å². The number of halogens is 3. The lowest BCUT2D eigenvalue weighted by atomic mass is 9.92. The number of fused-ring (bicyclic) bond motifs is 2. The number of aryl methyl sites for hydroxylation is 1. The average molecular weight is 496 g/mol. The van der Waals surface area contributed by atoms with Crippen molar-refractivity contribution in [2.24, 2.45) is 0 Å². The Bertz CT molecular complexity index is 1550. The fourth-order valence-electron chi connectivity index (χ4n) is 4.37.